The average molecular weight is 298 g/mol. The smallest absolute Gasteiger partial charge is 0.178 e. The van der Waals surface area contributed by atoms with Gasteiger partial charge in [0.25, 0.3) is 0 Å². The van der Waals surface area contributed by atoms with Gasteiger partial charge < -0.3 is 9.47 Å². The summed E-state index contributed by atoms with van der Waals surface area (Å²) in [5, 5.41) is 0. The van der Waals surface area contributed by atoms with Crippen LogP contribution >= 0.6 is 0 Å². The van der Waals surface area contributed by atoms with Crippen LogP contribution in [0.4, 0.5) is 0 Å². The molecule has 1 saturated heterocycles. The Bertz CT molecular complexity index is 478. The molecule has 0 bridgehead atoms. The van der Waals surface area contributed by atoms with Crippen molar-refractivity contribution in [3.8, 4) is 0 Å². The number of hydrogen-bond acceptors (Lipinski definition) is 4. The fourth-order valence-electron chi connectivity index (χ4n) is 2.20. The lowest BCUT2D eigenvalue weighted by atomic mass is 10.2. The number of hydrogen-bond donors (Lipinski definition) is 0. The molecule has 1 aliphatic heterocycles. The fraction of sp³-hybridized carbons (Fsp3) is 0.600. The Morgan fingerprint density at radius 3 is 2.65 bits per heavy atom. The summed E-state index contributed by atoms with van der Waals surface area (Å²) in [6.45, 7) is 1.34. The van der Waals surface area contributed by atoms with Crippen LogP contribution in [0, 0.1) is 0 Å². The molecule has 0 N–H and O–H groups in total. The lowest BCUT2D eigenvalue weighted by Crippen LogP contribution is -2.22. The molecule has 112 valence electrons. The van der Waals surface area contributed by atoms with Gasteiger partial charge in [-0.2, -0.15) is 0 Å². The zero-order valence-electron chi connectivity index (χ0n) is 11.7. The van der Waals surface area contributed by atoms with Crippen LogP contribution in [0.25, 0.3) is 0 Å². The predicted molar refractivity (Wildman–Crippen MR) is 77.3 cm³/mol. The minimum Gasteiger partial charge on any atom is -0.353 e. The van der Waals surface area contributed by atoms with E-state index >= 15 is 0 Å². The largest absolute Gasteiger partial charge is 0.353 e. The molecule has 0 radical (unpaired) electrons. The van der Waals surface area contributed by atoms with Gasteiger partial charge in [0, 0.05) is 13.2 Å². The highest BCUT2D eigenvalue weighted by Crippen LogP contribution is 2.15. The Hall–Kier alpha value is -0.910. The summed E-state index contributed by atoms with van der Waals surface area (Å²) in [6.07, 6.45) is 4.47. The SMILES string of the molecule is O=S(=O)(CCCCOC1CCCCO1)c1ccccc1. The maximum absolute atomic E-state index is 12.0. The Labute approximate surface area is 121 Å². The Morgan fingerprint density at radius 2 is 1.95 bits per heavy atom. The maximum Gasteiger partial charge on any atom is 0.178 e. The Kier molecular flexibility index (Phi) is 6.01. The zero-order chi connectivity index (χ0) is 14.3. The highest BCUT2D eigenvalue weighted by Gasteiger charge is 2.15. The van der Waals surface area contributed by atoms with Gasteiger partial charge in [0.1, 0.15) is 0 Å². The molecular formula is C15H22O4S. The summed E-state index contributed by atoms with van der Waals surface area (Å²) in [5.41, 5.74) is 0. The lowest BCUT2D eigenvalue weighted by molar-refractivity contribution is -0.162. The zero-order valence-corrected chi connectivity index (χ0v) is 12.5. The molecule has 4 nitrogen and oxygen atoms in total. The van der Waals surface area contributed by atoms with E-state index in [0.717, 1.165) is 32.3 Å². The van der Waals surface area contributed by atoms with E-state index in [1.807, 2.05) is 6.07 Å². The first-order valence-electron chi connectivity index (χ1n) is 7.19. The van der Waals surface area contributed by atoms with E-state index in [-0.39, 0.29) is 12.0 Å². The molecule has 20 heavy (non-hydrogen) atoms. The second-order valence-electron chi connectivity index (χ2n) is 5.01. The molecule has 1 aromatic rings. The van der Waals surface area contributed by atoms with Gasteiger partial charge in [-0.15, -0.1) is 0 Å². The highest BCUT2D eigenvalue weighted by atomic mass is 32.2. The van der Waals surface area contributed by atoms with E-state index in [2.05, 4.69) is 0 Å². The van der Waals surface area contributed by atoms with Gasteiger partial charge in [0.05, 0.1) is 10.6 Å². The van der Waals surface area contributed by atoms with Gasteiger partial charge >= 0.3 is 0 Å². The molecular weight excluding hydrogens is 276 g/mol. The second kappa shape index (κ2) is 7.76. The summed E-state index contributed by atoms with van der Waals surface area (Å²) < 4.78 is 35.1. The first-order chi connectivity index (χ1) is 9.68. The lowest BCUT2D eigenvalue weighted by Gasteiger charge is -2.22. The standard InChI is InChI=1S/C15H22O4S/c16-20(17,14-8-2-1-3-9-14)13-7-6-12-19-15-10-4-5-11-18-15/h1-3,8-9,15H,4-7,10-13H2. The van der Waals surface area contributed by atoms with Crippen LogP contribution in [0.2, 0.25) is 0 Å². The van der Waals surface area contributed by atoms with Gasteiger partial charge in [-0.25, -0.2) is 8.42 Å². The topological polar surface area (TPSA) is 52.6 Å². The van der Waals surface area contributed by atoms with E-state index < -0.39 is 9.84 Å². The Morgan fingerprint density at radius 1 is 1.15 bits per heavy atom. The van der Waals surface area contributed by atoms with Crippen LogP contribution in [-0.2, 0) is 19.3 Å². The second-order valence-corrected chi connectivity index (χ2v) is 7.12. The quantitative estimate of drug-likeness (QED) is 0.726. The number of rotatable bonds is 7. The van der Waals surface area contributed by atoms with Crippen molar-refractivity contribution in [3.05, 3.63) is 30.3 Å². The molecule has 0 amide bonds. The van der Waals surface area contributed by atoms with Gasteiger partial charge in [0.15, 0.2) is 16.1 Å². The number of ether oxygens (including phenoxy) is 2. The molecule has 0 saturated carbocycles. The number of unbranched alkanes of at least 4 members (excludes halogenated alkanes) is 1. The molecule has 1 unspecified atom stereocenters. The predicted octanol–water partition coefficient (Wildman–Crippen LogP) is 2.78. The highest BCUT2D eigenvalue weighted by molar-refractivity contribution is 7.91. The van der Waals surface area contributed by atoms with Crippen LogP contribution in [0.15, 0.2) is 35.2 Å². The summed E-state index contributed by atoms with van der Waals surface area (Å²) in [5.74, 6) is 0.173. The molecule has 1 aliphatic rings. The Balaban J connectivity index is 1.65. The minimum atomic E-state index is -3.15. The van der Waals surface area contributed by atoms with Gasteiger partial charge in [-0.05, 0) is 44.2 Å². The summed E-state index contributed by atoms with van der Waals surface area (Å²) in [4.78, 5) is 0.400. The van der Waals surface area contributed by atoms with E-state index in [4.69, 9.17) is 9.47 Å². The van der Waals surface area contributed by atoms with Crippen molar-refractivity contribution in [1.29, 1.82) is 0 Å². The third-order valence-electron chi connectivity index (χ3n) is 3.35. The molecule has 5 heteroatoms. The van der Waals surface area contributed by atoms with Crippen molar-refractivity contribution in [2.45, 2.75) is 43.3 Å². The van der Waals surface area contributed by atoms with Crippen molar-refractivity contribution in [2.24, 2.45) is 0 Å². The minimum absolute atomic E-state index is 0.0884. The first-order valence-corrected chi connectivity index (χ1v) is 8.85. The normalized spacial score (nSPS) is 19.9. The summed E-state index contributed by atoms with van der Waals surface area (Å²) in [6, 6.07) is 8.59. The molecule has 0 spiro atoms. The third-order valence-corrected chi connectivity index (χ3v) is 5.17. The van der Waals surface area contributed by atoms with Crippen LogP contribution in [-0.4, -0.2) is 33.7 Å². The van der Waals surface area contributed by atoms with Gasteiger partial charge in [-0.1, -0.05) is 18.2 Å². The van der Waals surface area contributed by atoms with E-state index in [1.54, 1.807) is 24.3 Å². The summed E-state index contributed by atoms with van der Waals surface area (Å²) in [7, 11) is -3.15. The molecule has 2 rings (SSSR count). The molecule has 1 fully saturated rings. The maximum atomic E-state index is 12.0. The van der Waals surface area contributed by atoms with Gasteiger partial charge in [-0.3, -0.25) is 0 Å². The number of benzene rings is 1. The number of sulfone groups is 1. The van der Waals surface area contributed by atoms with Crippen LogP contribution in [0.1, 0.15) is 32.1 Å². The molecule has 1 atom stereocenters. The van der Waals surface area contributed by atoms with Crippen LogP contribution < -0.4 is 0 Å². The van der Waals surface area contributed by atoms with E-state index in [9.17, 15) is 8.42 Å². The third kappa shape index (κ3) is 4.89. The van der Waals surface area contributed by atoms with Crippen molar-refractivity contribution < 1.29 is 17.9 Å². The monoisotopic (exact) mass is 298 g/mol. The molecule has 0 aromatic heterocycles. The van der Waals surface area contributed by atoms with Crippen LogP contribution in [0.5, 0.6) is 0 Å². The molecule has 1 aromatic carbocycles. The fourth-order valence-corrected chi connectivity index (χ4v) is 3.59. The van der Waals surface area contributed by atoms with Crippen LogP contribution in [0.3, 0.4) is 0 Å². The van der Waals surface area contributed by atoms with Crippen molar-refractivity contribution >= 4 is 9.84 Å². The first kappa shape index (κ1) is 15.5. The van der Waals surface area contributed by atoms with Crippen molar-refractivity contribution in [2.75, 3.05) is 19.0 Å². The van der Waals surface area contributed by atoms with Crippen molar-refractivity contribution in [1.82, 2.24) is 0 Å². The molecule has 1 heterocycles. The van der Waals surface area contributed by atoms with Gasteiger partial charge in [0.2, 0.25) is 0 Å². The molecule has 0 aliphatic carbocycles. The van der Waals surface area contributed by atoms with E-state index in [1.165, 1.54) is 0 Å². The summed E-state index contributed by atoms with van der Waals surface area (Å²) >= 11 is 0. The van der Waals surface area contributed by atoms with Crippen molar-refractivity contribution in [3.63, 3.8) is 0 Å². The van der Waals surface area contributed by atoms with E-state index in [0.29, 0.717) is 17.9 Å². The average Bonchev–Trinajstić information content (AvgIpc) is 2.49.